The summed E-state index contributed by atoms with van der Waals surface area (Å²) in [5.41, 5.74) is 1.10. The number of benzene rings is 2. The molecule has 4 nitrogen and oxygen atoms in total. The first-order valence-corrected chi connectivity index (χ1v) is 6.95. The number of aliphatic hydroxyl groups excluding tert-OH is 1. The van der Waals surface area contributed by atoms with Crippen molar-refractivity contribution in [1.82, 2.24) is 0 Å². The monoisotopic (exact) mass is 288 g/mol. The minimum Gasteiger partial charge on any atom is -0.490 e. The van der Waals surface area contributed by atoms with Crippen LogP contribution in [0, 0.1) is 6.92 Å². The summed E-state index contributed by atoms with van der Waals surface area (Å²) in [5.74, 6) is 2.15. The smallest absolute Gasteiger partial charge is 0.161 e. The Hall–Kier alpha value is -2.20. The number of hydrogen-bond donors (Lipinski definition) is 1. The Bertz CT molecular complexity index is 554. The summed E-state index contributed by atoms with van der Waals surface area (Å²) in [5, 5.41) is 8.80. The minimum atomic E-state index is -0.0231. The Morgan fingerprint density at radius 1 is 0.714 bits per heavy atom. The second-order valence-corrected chi connectivity index (χ2v) is 4.48. The van der Waals surface area contributed by atoms with Gasteiger partial charge in [0.1, 0.15) is 25.6 Å². The lowest BCUT2D eigenvalue weighted by molar-refractivity contribution is 0.183. The number of para-hydroxylation sites is 3. The summed E-state index contributed by atoms with van der Waals surface area (Å²) in [7, 11) is 0. The summed E-state index contributed by atoms with van der Waals surface area (Å²) >= 11 is 0. The molecule has 0 aliphatic carbocycles. The van der Waals surface area contributed by atoms with Crippen molar-refractivity contribution in [2.45, 2.75) is 6.92 Å². The molecular weight excluding hydrogens is 268 g/mol. The molecule has 0 spiro atoms. The zero-order valence-corrected chi connectivity index (χ0v) is 12.1. The van der Waals surface area contributed by atoms with Crippen LogP contribution in [-0.2, 0) is 0 Å². The maximum Gasteiger partial charge on any atom is 0.161 e. The topological polar surface area (TPSA) is 47.9 Å². The second-order valence-electron chi connectivity index (χ2n) is 4.48. The van der Waals surface area contributed by atoms with Gasteiger partial charge in [-0.2, -0.15) is 0 Å². The molecule has 0 saturated heterocycles. The fourth-order valence-electron chi connectivity index (χ4n) is 1.87. The Morgan fingerprint density at radius 3 is 1.76 bits per heavy atom. The first-order valence-electron chi connectivity index (χ1n) is 6.95. The Balaban J connectivity index is 1.82. The predicted molar refractivity (Wildman–Crippen MR) is 81.2 cm³/mol. The predicted octanol–water partition coefficient (Wildman–Crippen LogP) is 2.82. The molecule has 4 heteroatoms. The van der Waals surface area contributed by atoms with Crippen molar-refractivity contribution >= 4 is 0 Å². The third-order valence-electron chi connectivity index (χ3n) is 2.89. The van der Waals surface area contributed by atoms with E-state index in [1.165, 1.54) is 0 Å². The van der Waals surface area contributed by atoms with E-state index in [0.717, 1.165) is 11.3 Å². The molecule has 1 N–H and O–H groups in total. The highest BCUT2D eigenvalue weighted by atomic mass is 16.5. The molecule has 0 atom stereocenters. The zero-order chi connectivity index (χ0) is 14.9. The highest BCUT2D eigenvalue weighted by molar-refractivity contribution is 5.39. The van der Waals surface area contributed by atoms with Gasteiger partial charge in [0.15, 0.2) is 11.5 Å². The van der Waals surface area contributed by atoms with Gasteiger partial charge in [-0.25, -0.2) is 0 Å². The van der Waals surface area contributed by atoms with Crippen LogP contribution in [0.1, 0.15) is 5.56 Å². The molecule has 0 amide bonds. The Morgan fingerprint density at radius 2 is 1.19 bits per heavy atom. The van der Waals surface area contributed by atoms with E-state index in [0.29, 0.717) is 24.7 Å². The van der Waals surface area contributed by atoms with E-state index in [1.54, 1.807) is 0 Å². The maximum atomic E-state index is 8.80. The third kappa shape index (κ3) is 4.68. The van der Waals surface area contributed by atoms with Gasteiger partial charge in [-0.15, -0.1) is 0 Å². The summed E-state index contributed by atoms with van der Waals surface area (Å²) in [6.45, 7) is 3.12. The van der Waals surface area contributed by atoms with E-state index in [1.807, 2.05) is 55.5 Å². The van der Waals surface area contributed by atoms with Crippen LogP contribution in [0.5, 0.6) is 17.2 Å². The van der Waals surface area contributed by atoms with Crippen LogP contribution in [-0.4, -0.2) is 31.5 Å². The second kappa shape index (κ2) is 8.17. The van der Waals surface area contributed by atoms with Gasteiger partial charge >= 0.3 is 0 Å². The number of aryl methyl sites for hydroxylation is 1. The SMILES string of the molecule is Cc1ccccc1OCCOc1ccccc1OCCO. The lowest BCUT2D eigenvalue weighted by Gasteiger charge is -2.13. The summed E-state index contributed by atoms with van der Waals surface area (Å²) in [6, 6.07) is 15.3. The lowest BCUT2D eigenvalue weighted by Crippen LogP contribution is -2.10. The largest absolute Gasteiger partial charge is 0.490 e. The number of ether oxygens (including phenoxy) is 3. The van der Waals surface area contributed by atoms with Crippen molar-refractivity contribution in [1.29, 1.82) is 0 Å². The molecular formula is C17H20O4. The van der Waals surface area contributed by atoms with Gasteiger partial charge in [-0.1, -0.05) is 30.3 Å². The minimum absolute atomic E-state index is 0.0231. The molecule has 0 aromatic heterocycles. The molecule has 0 bridgehead atoms. The third-order valence-corrected chi connectivity index (χ3v) is 2.89. The van der Waals surface area contributed by atoms with Gasteiger partial charge in [0, 0.05) is 0 Å². The van der Waals surface area contributed by atoms with Crippen LogP contribution in [0.25, 0.3) is 0 Å². The maximum absolute atomic E-state index is 8.80. The molecule has 0 radical (unpaired) electrons. The quantitative estimate of drug-likeness (QED) is 0.759. The molecule has 21 heavy (non-hydrogen) atoms. The molecule has 2 aromatic carbocycles. The number of aliphatic hydroxyl groups is 1. The van der Waals surface area contributed by atoms with Crippen molar-refractivity contribution in [3.8, 4) is 17.2 Å². The molecule has 2 aromatic rings. The lowest BCUT2D eigenvalue weighted by atomic mass is 10.2. The Labute approximate surface area is 124 Å². The van der Waals surface area contributed by atoms with Crippen molar-refractivity contribution < 1.29 is 19.3 Å². The van der Waals surface area contributed by atoms with E-state index in [-0.39, 0.29) is 13.2 Å². The first kappa shape index (κ1) is 15.2. The molecule has 0 aliphatic rings. The van der Waals surface area contributed by atoms with Crippen LogP contribution in [0.4, 0.5) is 0 Å². The van der Waals surface area contributed by atoms with E-state index >= 15 is 0 Å². The van der Waals surface area contributed by atoms with Crippen LogP contribution in [0.3, 0.4) is 0 Å². The van der Waals surface area contributed by atoms with Gasteiger partial charge in [-0.05, 0) is 30.7 Å². The van der Waals surface area contributed by atoms with E-state index in [4.69, 9.17) is 19.3 Å². The molecule has 0 unspecified atom stereocenters. The van der Waals surface area contributed by atoms with Crippen molar-refractivity contribution in [3.05, 3.63) is 54.1 Å². The molecule has 112 valence electrons. The van der Waals surface area contributed by atoms with E-state index < -0.39 is 0 Å². The van der Waals surface area contributed by atoms with Crippen molar-refractivity contribution in [2.24, 2.45) is 0 Å². The van der Waals surface area contributed by atoms with Gasteiger partial charge in [0.2, 0.25) is 0 Å². The number of rotatable bonds is 8. The van der Waals surface area contributed by atoms with Gasteiger partial charge in [-0.3, -0.25) is 0 Å². The van der Waals surface area contributed by atoms with Crippen molar-refractivity contribution in [2.75, 3.05) is 26.4 Å². The summed E-state index contributed by atoms with van der Waals surface area (Å²) < 4.78 is 16.7. The van der Waals surface area contributed by atoms with E-state index in [2.05, 4.69) is 0 Å². The Kier molecular flexibility index (Phi) is 5.91. The molecule has 2 rings (SSSR count). The average Bonchev–Trinajstić information content (AvgIpc) is 2.52. The summed E-state index contributed by atoms with van der Waals surface area (Å²) in [4.78, 5) is 0. The number of hydrogen-bond acceptors (Lipinski definition) is 4. The standard InChI is InChI=1S/C17H20O4/c1-14-6-2-3-7-15(14)20-12-13-21-17-9-5-4-8-16(17)19-11-10-18/h2-9,18H,10-13H2,1H3. The van der Waals surface area contributed by atoms with Gasteiger partial charge < -0.3 is 19.3 Å². The fraction of sp³-hybridized carbons (Fsp3) is 0.294. The molecule has 0 heterocycles. The van der Waals surface area contributed by atoms with Crippen LogP contribution >= 0.6 is 0 Å². The van der Waals surface area contributed by atoms with Crippen LogP contribution in [0.2, 0.25) is 0 Å². The zero-order valence-electron chi connectivity index (χ0n) is 12.1. The van der Waals surface area contributed by atoms with Crippen LogP contribution in [0.15, 0.2) is 48.5 Å². The highest BCUT2D eigenvalue weighted by Gasteiger charge is 2.04. The normalized spacial score (nSPS) is 10.2. The molecule has 0 aliphatic heterocycles. The van der Waals surface area contributed by atoms with Crippen molar-refractivity contribution in [3.63, 3.8) is 0 Å². The molecule has 0 fully saturated rings. The fourth-order valence-corrected chi connectivity index (χ4v) is 1.87. The van der Waals surface area contributed by atoms with Gasteiger partial charge in [0.05, 0.1) is 6.61 Å². The van der Waals surface area contributed by atoms with E-state index in [9.17, 15) is 0 Å². The molecule has 0 saturated carbocycles. The van der Waals surface area contributed by atoms with Gasteiger partial charge in [0.25, 0.3) is 0 Å². The highest BCUT2D eigenvalue weighted by Crippen LogP contribution is 2.26. The van der Waals surface area contributed by atoms with Crippen LogP contribution < -0.4 is 14.2 Å². The first-order chi connectivity index (χ1) is 10.3. The average molecular weight is 288 g/mol. The summed E-state index contributed by atoms with van der Waals surface area (Å²) in [6.07, 6.45) is 0.